The summed E-state index contributed by atoms with van der Waals surface area (Å²) in [5.74, 6) is 2.32. The number of carbonyl (C=O) groups is 1. The van der Waals surface area contributed by atoms with Gasteiger partial charge in [0.2, 0.25) is 5.91 Å². The van der Waals surface area contributed by atoms with Crippen LogP contribution < -0.4 is 4.90 Å². The molecule has 0 saturated carbocycles. The summed E-state index contributed by atoms with van der Waals surface area (Å²) >= 11 is 5.80. The predicted molar refractivity (Wildman–Crippen MR) is 67.4 cm³/mol. The standard InChI is InChI=1S/C12H9ClN2O3/c1-2-8-5-12(16)14(7-8)9-3-4-11(15(17)18)10(13)6-9/h1,3-4,6,8H,5,7H2. The lowest BCUT2D eigenvalue weighted by Crippen LogP contribution is -2.24. The number of rotatable bonds is 2. The number of anilines is 1. The van der Waals surface area contributed by atoms with E-state index in [9.17, 15) is 14.9 Å². The van der Waals surface area contributed by atoms with Crippen LogP contribution in [-0.4, -0.2) is 17.4 Å². The minimum Gasteiger partial charge on any atom is -0.311 e. The van der Waals surface area contributed by atoms with Crippen LogP contribution in [0.5, 0.6) is 0 Å². The number of amides is 1. The van der Waals surface area contributed by atoms with Crippen molar-refractivity contribution in [3.8, 4) is 12.3 Å². The van der Waals surface area contributed by atoms with E-state index in [0.29, 0.717) is 18.7 Å². The van der Waals surface area contributed by atoms with Crippen molar-refractivity contribution in [1.82, 2.24) is 0 Å². The summed E-state index contributed by atoms with van der Waals surface area (Å²) in [4.78, 5) is 23.3. The van der Waals surface area contributed by atoms with Gasteiger partial charge < -0.3 is 4.90 Å². The number of nitrogens with zero attached hydrogens (tertiary/aromatic N) is 2. The van der Waals surface area contributed by atoms with Crippen molar-refractivity contribution in [3.05, 3.63) is 33.3 Å². The zero-order valence-corrected chi connectivity index (χ0v) is 10.1. The van der Waals surface area contributed by atoms with Gasteiger partial charge in [-0.3, -0.25) is 14.9 Å². The molecular weight excluding hydrogens is 256 g/mol. The van der Waals surface area contributed by atoms with Gasteiger partial charge in [-0.15, -0.1) is 12.3 Å². The number of nitro groups is 1. The molecule has 6 heteroatoms. The van der Waals surface area contributed by atoms with Gasteiger partial charge in [-0.05, 0) is 12.1 Å². The normalized spacial score (nSPS) is 18.8. The average molecular weight is 265 g/mol. The zero-order valence-electron chi connectivity index (χ0n) is 9.30. The van der Waals surface area contributed by atoms with Crippen molar-refractivity contribution in [2.45, 2.75) is 6.42 Å². The highest BCUT2D eigenvalue weighted by molar-refractivity contribution is 6.33. The van der Waals surface area contributed by atoms with E-state index in [-0.39, 0.29) is 22.5 Å². The van der Waals surface area contributed by atoms with Crippen LogP contribution in [0, 0.1) is 28.4 Å². The lowest BCUT2D eigenvalue weighted by atomic mass is 10.1. The quantitative estimate of drug-likeness (QED) is 0.467. The van der Waals surface area contributed by atoms with Crippen molar-refractivity contribution in [1.29, 1.82) is 0 Å². The van der Waals surface area contributed by atoms with Gasteiger partial charge in [0.15, 0.2) is 0 Å². The van der Waals surface area contributed by atoms with Gasteiger partial charge in [-0.25, -0.2) is 0 Å². The molecule has 1 aromatic carbocycles. The molecule has 92 valence electrons. The Morgan fingerprint density at radius 1 is 1.56 bits per heavy atom. The molecule has 1 aliphatic heterocycles. The van der Waals surface area contributed by atoms with Gasteiger partial charge in [-0.1, -0.05) is 11.6 Å². The highest BCUT2D eigenvalue weighted by atomic mass is 35.5. The van der Waals surface area contributed by atoms with Crippen LogP contribution in [0.25, 0.3) is 0 Å². The van der Waals surface area contributed by atoms with Crippen LogP contribution in [-0.2, 0) is 4.79 Å². The van der Waals surface area contributed by atoms with Crippen molar-refractivity contribution in [2.24, 2.45) is 5.92 Å². The molecule has 1 fully saturated rings. The number of hydrogen-bond acceptors (Lipinski definition) is 3. The Hall–Kier alpha value is -2.06. The first kappa shape index (κ1) is 12.4. The van der Waals surface area contributed by atoms with Crippen LogP contribution >= 0.6 is 11.6 Å². The van der Waals surface area contributed by atoms with E-state index in [2.05, 4.69) is 5.92 Å². The van der Waals surface area contributed by atoms with E-state index in [1.54, 1.807) is 0 Å². The SMILES string of the molecule is C#CC1CC(=O)N(c2ccc([N+](=O)[O-])c(Cl)c2)C1. The van der Waals surface area contributed by atoms with Crippen LogP contribution in [0.4, 0.5) is 11.4 Å². The molecule has 1 atom stereocenters. The van der Waals surface area contributed by atoms with Crippen molar-refractivity contribution in [2.75, 3.05) is 11.4 Å². The second kappa shape index (κ2) is 4.67. The lowest BCUT2D eigenvalue weighted by molar-refractivity contribution is -0.384. The fourth-order valence-corrected chi connectivity index (χ4v) is 2.12. The second-order valence-electron chi connectivity index (χ2n) is 3.96. The smallest absolute Gasteiger partial charge is 0.288 e. The van der Waals surface area contributed by atoms with Crippen LogP contribution in [0.2, 0.25) is 5.02 Å². The first-order chi connectivity index (χ1) is 8.52. The number of terminal acetylenes is 1. The third-order valence-corrected chi connectivity index (χ3v) is 3.10. The van der Waals surface area contributed by atoms with Gasteiger partial charge in [0.25, 0.3) is 5.69 Å². The molecule has 0 spiro atoms. The summed E-state index contributed by atoms with van der Waals surface area (Å²) in [6.45, 7) is 0.420. The molecule has 2 rings (SSSR count). The maximum absolute atomic E-state index is 11.7. The minimum atomic E-state index is -0.567. The second-order valence-corrected chi connectivity index (χ2v) is 4.37. The largest absolute Gasteiger partial charge is 0.311 e. The third-order valence-electron chi connectivity index (χ3n) is 2.80. The molecule has 1 unspecified atom stereocenters. The highest BCUT2D eigenvalue weighted by Crippen LogP contribution is 2.31. The summed E-state index contributed by atoms with van der Waals surface area (Å²) in [5, 5.41) is 10.6. The molecule has 18 heavy (non-hydrogen) atoms. The van der Waals surface area contributed by atoms with E-state index in [0.717, 1.165) is 0 Å². The Morgan fingerprint density at radius 3 is 2.78 bits per heavy atom. The predicted octanol–water partition coefficient (Wildman–Crippen LogP) is 2.23. The van der Waals surface area contributed by atoms with E-state index in [1.165, 1.54) is 23.1 Å². The van der Waals surface area contributed by atoms with Crippen LogP contribution in [0.1, 0.15) is 6.42 Å². The Kier molecular flexibility index (Phi) is 3.21. The number of hydrogen-bond donors (Lipinski definition) is 0. The average Bonchev–Trinajstić information content (AvgIpc) is 2.70. The van der Waals surface area contributed by atoms with Gasteiger partial charge in [0.1, 0.15) is 5.02 Å². The fourth-order valence-electron chi connectivity index (χ4n) is 1.88. The molecule has 1 heterocycles. The molecule has 1 aromatic rings. The lowest BCUT2D eigenvalue weighted by Gasteiger charge is -2.15. The zero-order chi connectivity index (χ0) is 13.3. The van der Waals surface area contributed by atoms with E-state index < -0.39 is 4.92 Å². The molecule has 0 N–H and O–H groups in total. The Bertz CT molecular complexity index is 565. The van der Waals surface area contributed by atoms with Gasteiger partial charge in [-0.2, -0.15) is 0 Å². The van der Waals surface area contributed by atoms with Crippen molar-refractivity contribution in [3.63, 3.8) is 0 Å². The Labute approximate surface area is 108 Å². The first-order valence-electron chi connectivity index (χ1n) is 5.23. The van der Waals surface area contributed by atoms with E-state index in [4.69, 9.17) is 18.0 Å². The maximum atomic E-state index is 11.7. The summed E-state index contributed by atoms with van der Waals surface area (Å²) in [6, 6.07) is 4.20. The molecule has 0 radical (unpaired) electrons. The van der Waals surface area contributed by atoms with Crippen molar-refractivity contribution >= 4 is 28.9 Å². The van der Waals surface area contributed by atoms with E-state index in [1.807, 2.05) is 0 Å². The summed E-state index contributed by atoms with van der Waals surface area (Å²) in [5.41, 5.74) is 0.355. The Balaban J connectivity index is 2.31. The molecule has 1 amide bonds. The number of nitro benzene ring substituents is 1. The molecule has 1 aliphatic rings. The summed E-state index contributed by atoms with van der Waals surface area (Å²) in [6.07, 6.45) is 5.58. The number of halogens is 1. The third kappa shape index (κ3) is 2.15. The van der Waals surface area contributed by atoms with Crippen LogP contribution in [0.15, 0.2) is 18.2 Å². The first-order valence-corrected chi connectivity index (χ1v) is 5.61. The number of carbonyl (C=O) groups excluding carboxylic acids is 1. The Morgan fingerprint density at radius 2 is 2.28 bits per heavy atom. The minimum absolute atomic E-state index is 0.00876. The monoisotopic (exact) mass is 264 g/mol. The van der Waals surface area contributed by atoms with Crippen LogP contribution in [0.3, 0.4) is 0 Å². The molecule has 0 aromatic heterocycles. The summed E-state index contributed by atoms with van der Waals surface area (Å²) in [7, 11) is 0. The molecule has 1 saturated heterocycles. The van der Waals surface area contributed by atoms with Gasteiger partial charge in [0.05, 0.1) is 4.92 Å². The molecule has 0 aliphatic carbocycles. The highest BCUT2D eigenvalue weighted by Gasteiger charge is 2.30. The van der Waals surface area contributed by atoms with Crippen molar-refractivity contribution < 1.29 is 9.72 Å². The maximum Gasteiger partial charge on any atom is 0.288 e. The fraction of sp³-hybridized carbons (Fsp3) is 0.250. The van der Waals surface area contributed by atoms with E-state index >= 15 is 0 Å². The molecule has 0 bridgehead atoms. The van der Waals surface area contributed by atoms with Gasteiger partial charge in [0, 0.05) is 30.6 Å². The number of benzene rings is 1. The topological polar surface area (TPSA) is 63.5 Å². The molecule has 5 nitrogen and oxygen atoms in total. The molecular formula is C12H9ClN2O3. The van der Waals surface area contributed by atoms with Gasteiger partial charge >= 0.3 is 0 Å². The summed E-state index contributed by atoms with van der Waals surface area (Å²) < 4.78 is 0.